The molecule has 1 saturated heterocycles. The maximum atomic E-state index is 5.42. The van der Waals surface area contributed by atoms with Crippen LogP contribution in [0.2, 0.25) is 0 Å². The predicted molar refractivity (Wildman–Crippen MR) is 63.3 cm³/mol. The first-order valence-corrected chi connectivity index (χ1v) is 5.65. The summed E-state index contributed by atoms with van der Waals surface area (Å²) >= 11 is 0. The molecule has 0 saturated carbocycles. The molecule has 1 fully saturated rings. The van der Waals surface area contributed by atoms with E-state index in [0.29, 0.717) is 12.1 Å². The Morgan fingerprint density at radius 3 is 2.60 bits per heavy atom. The zero-order chi connectivity index (χ0) is 10.7. The van der Waals surface area contributed by atoms with Crippen molar-refractivity contribution in [1.29, 1.82) is 0 Å². The normalized spacial score (nSPS) is 26.7. The molecule has 1 heterocycles. The highest BCUT2D eigenvalue weighted by Crippen LogP contribution is 2.25. The molecule has 82 valence electrons. The highest BCUT2D eigenvalue weighted by atomic mass is 16.5. The quantitative estimate of drug-likeness (QED) is 0.736. The fourth-order valence-corrected chi connectivity index (χ4v) is 2.35. The number of rotatable bonds is 2. The second kappa shape index (κ2) is 4.67. The molecule has 0 bridgehead atoms. The van der Waals surface area contributed by atoms with Crippen LogP contribution in [0.15, 0.2) is 30.3 Å². The number of ether oxygens (including phenoxy) is 1. The Morgan fingerprint density at radius 1 is 1.27 bits per heavy atom. The van der Waals surface area contributed by atoms with Crippen LogP contribution in [-0.4, -0.2) is 25.8 Å². The van der Waals surface area contributed by atoms with Crippen molar-refractivity contribution in [3.63, 3.8) is 0 Å². The van der Waals surface area contributed by atoms with Crippen molar-refractivity contribution in [1.82, 2.24) is 0 Å². The first-order chi connectivity index (χ1) is 7.31. The van der Waals surface area contributed by atoms with Gasteiger partial charge < -0.3 is 9.64 Å². The summed E-state index contributed by atoms with van der Waals surface area (Å²) in [4.78, 5) is 2.47. The second-order valence-electron chi connectivity index (χ2n) is 4.26. The lowest BCUT2D eigenvalue weighted by Crippen LogP contribution is -2.43. The van der Waals surface area contributed by atoms with E-state index in [4.69, 9.17) is 4.74 Å². The Labute approximate surface area is 91.9 Å². The number of nitrogens with zero attached hydrogens (tertiary/aromatic N) is 1. The molecule has 2 heteroatoms. The Balaban J connectivity index is 2.06. The molecule has 0 spiro atoms. The van der Waals surface area contributed by atoms with Crippen LogP contribution in [0, 0.1) is 0 Å². The maximum Gasteiger partial charge on any atom is 0.0607 e. The average molecular weight is 205 g/mol. The van der Waals surface area contributed by atoms with Gasteiger partial charge in [-0.15, -0.1) is 0 Å². The molecule has 0 aliphatic carbocycles. The number of para-hydroxylation sites is 1. The molecule has 0 aromatic heterocycles. The third-order valence-corrected chi connectivity index (χ3v) is 3.25. The van der Waals surface area contributed by atoms with Gasteiger partial charge in [0.25, 0.3) is 0 Å². The number of hydrogen-bond donors (Lipinski definition) is 0. The minimum absolute atomic E-state index is 0.444. The van der Waals surface area contributed by atoms with Crippen LogP contribution < -0.4 is 4.90 Å². The zero-order valence-corrected chi connectivity index (χ0v) is 9.52. The van der Waals surface area contributed by atoms with Crippen LogP contribution in [0.1, 0.15) is 19.8 Å². The van der Waals surface area contributed by atoms with Gasteiger partial charge in [-0.05, 0) is 31.9 Å². The second-order valence-corrected chi connectivity index (χ2v) is 4.26. The van der Waals surface area contributed by atoms with Gasteiger partial charge in [-0.1, -0.05) is 18.2 Å². The predicted octanol–water partition coefficient (Wildman–Crippen LogP) is 2.69. The Kier molecular flexibility index (Phi) is 3.27. The number of hydrogen-bond acceptors (Lipinski definition) is 2. The Morgan fingerprint density at radius 2 is 2.00 bits per heavy atom. The molecular weight excluding hydrogens is 186 g/mol. The van der Waals surface area contributed by atoms with Gasteiger partial charge in [-0.25, -0.2) is 0 Å². The van der Waals surface area contributed by atoms with Gasteiger partial charge in [0, 0.05) is 25.4 Å². The largest absolute Gasteiger partial charge is 0.381 e. The van der Waals surface area contributed by atoms with Crippen molar-refractivity contribution in [2.75, 3.05) is 18.6 Å². The lowest BCUT2D eigenvalue weighted by Gasteiger charge is -2.38. The summed E-state index contributed by atoms with van der Waals surface area (Å²) in [6, 6.07) is 11.2. The molecule has 0 N–H and O–H groups in total. The lowest BCUT2D eigenvalue weighted by molar-refractivity contribution is 0.0721. The third-order valence-electron chi connectivity index (χ3n) is 3.25. The monoisotopic (exact) mass is 205 g/mol. The molecule has 1 aliphatic heterocycles. The summed E-state index contributed by atoms with van der Waals surface area (Å²) in [5.41, 5.74) is 1.33. The first-order valence-electron chi connectivity index (χ1n) is 5.65. The van der Waals surface area contributed by atoms with E-state index in [0.717, 1.165) is 19.4 Å². The molecule has 1 aromatic carbocycles. The molecule has 0 radical (unpaired) electrons. The topological polar surface area (TPSA) is 12.5 Å². The highest BCUT2D eigenvalue weighted by molar-refractivity contribution is 5.47. The van der Waals surface area contributed by atoms with E-state index in [9.17, 15) is 0 Å². The van der Waals surface area contributed by atoms with Gasteiger partial charge in [0.15, 0.2) is 0 Å². The van der Waals surface area contributed by atoms with Crippen molar-refractivity contribution in [2.24, 2.45) is 0 Å². The van der Waals surface area contributed by atoms with E-state index in [1.807, 2.05) is 7.11 Å². The van der Waals surface area contributed by atoms with E-state index >= 15 is 0 Å². The van der Waals surface area contributed by atoms with Crippen LogP contribution in [-0.2, 0) is 4.74 Å². The Hall–Kier alpha value is -1.02. The van der Waals surface area contributed by atoms with Gasteiger partial charge in [0.1, 0.15) is 0 Å². The summed E-state index contributed by atoms with van der Waals surface area (Å²) in [5, 5.41) is 0. The van der Waals surface area contributed by atoms with Crippen molar-refractivity contribution >= 4 is 5.69 Å². The molecule has 15 heavy (non-hydrogen) atoms. The Bertz CT molecular complexity index is 299. The summed E-state index contributed by atoms with van der Waals surface area (Å²) in [6.07, 6.45) is 2.71. The fraction of sp³-hybridized carbons (Fsp3) is 0.538. The van der Waals surface area contributed by atoms with Crippen LogP contribution >= 0.6 is 0 Å². The van der Waals surface area contributed by atoms with Crippen molar-refractivity contribution in [2.45, 2.75) is 31.9 Å². The number of piperidine rings is 1. The van der Waals surface area contributed by atoms with Crippen LogP contribution in [0.3, 0.4) is 0 Å². The van der Waals surface area contributed by atoms with Crippen LogP contribution in [0.25, 0.3) is 0 Å². The maximum absolute atomic E-state index is 5.42. The summed E-state index contributed by atoms with van der Waals surface area (Å²) in [7, 11) is 1.82. The molecular formula is C13H19NO. The standard InChI is InChI=1S/C13H19NO/c1-11-10-13(15-2)8-9-14(11)12-6-4-3-5-7-12/h3-7,11,13H,8-10H2,1-2H3. The van der Waals surface area contributed by atoms with E-state index in [-0.39, 0.29) is 0 Å². The third kappa shape index (κ3) is 2.32. The number of anilines is 1. The molecule has 2 atom stereocenters. The molecule has 0 amide bonds. The number of benzene rings is 1. The van der Waals surface area contributed by atoms with Crippen LogP contribution in [0.4, 0.5) is 5.69 Å². The first kappa shape index (κ1) is 10.5. The van der Waals surface area contributed by atoms with Crippen LogP contribution in [0.5, 0.6) is 0 Å². The van der Waals surface area contributed by atoms with Gasteiger partial charge in [0.05, 0.1) is 6.10 Å². The molecule has 2 nitrogen and oxygen atoms in total. The van der Waals surface area contributed by atoms with Gasteiger partial charge in [0.2, 0.25) is 0 Å². The van der Waals surface area contributed by atoms with Gasteiger partial charge >= 0.3 is 0 Å². The SMILES string of the molecule is COC1CCN(c2ccccc2)C(C)C1. The summed E-state index contributed by atoms with van der Waals surface area (Å²) in [5.74, 6) is 0. The van der Waals surface area contributed by atoms with E-state index in [2.05, 4.69) is 42.2 Å². The molecule has 2 unspecified atom stereocenters. The van der Waals surface area contributed by atoms with Gasteiger partial charge in [-0.2, -0.15) is 0 Å². The fourth-order valence-electron chi connectivity index (χ4n) is 2.35. The van der Waals surface area contributed by atoms with Gasteiger partial charge in [-0.3, -0.25) is 0 Å². The minimum Gasteiger partial charge on any atom is -0.381 e. The minimum atomic E-state index is 0.444. The molecule has 2 rings (SSSR count). The highest BCUT2D eigenvalue weighted by Gasteiger charge is 2.24. The van der Waals surface area contributed by atoms with E-state index < -0.39 is 0 Å². The van der Waals surface area contributed by atoms with Crippen molar-refractivity contribution in [3.05, 3.63) is 30.3 Å². The van der Waals surface area contributed by atoms with E-state index in [1.165, 1.54) is 5.69 Å². The molecule has 1 aliphatic rings. The zero-order valence-electron chi connectivity index (χ0n) is 9.52. The molecule has 1 aromatic rings. The average Bonchev–Trinajstić information content (AvgIpc) is 2.30. The van der Waals surface area contributed by atoms with Crippen molar-refractivity contribution in [3.8, 4) is 0 Å². The van der Waals surface area contributed by atoms with Crippen molar-refractivity contribution < 1.29 is 4.74 Å². The summed E-state index contributed by atoms with van der Waals surface area (Å²) in [6.45, 7) is 3.38. The smallest absolute Gasteiger partial charge is 0.0607 e. The summed E-state index contributed by atoms with van der Waals surface area (Å²) < 4.78 is 5.42. The number of methoxy groups -OCH3 is 1. The lowest BCUT2D eigenvalue weighted by atomic mass is 10.00. The van der Waals surface area contributed by atoms with E-state index in [1.54, 1.807) is 0 Å².